The number of rotatable bonds is 1. The Kier molecular flexibility index (Phi) is 1.39. The quantitative estimate of drug-likeness (QED) is 0.523. The van der Waals surface area contributed by atoms with Crippen molar-refractivity contribution in [3.8, 4) is 0 Å². The molecule has 0 radical (unpaired) electrons. The fourth-order valence-electron chi connectivity index (χ4n) is 0.352. The summed E-state index contributed by atoms with van der Waals surface area (Å²) in [6.45, 7) is 0. The second kappa shape index (κ2) is 2.05. The predicted octanol–water partition coefficient (Wildman–Crippen LogP) is 0.679. The molecule has 1 aromatic rings. The van der Waals surface area contributed by atoms with Gasteiger partial charge in [0.2, 0.25) is 0 Å². The van der Waals surface area contributed by atoms with E-state index in [0.717, 1.165) is 0 Å². The summed E-state index contributed by atoms with van der Waals surface area (Å²) >= 11 is -0.174. The standard InChI is InChI=1S/C4H4N.Fe.O/c1-2-4-5-3-1;;/h1-4H;;/q-1;+1;. The average Bonchev–Trinajstić information content (AvgIpc) is 2.14. The van der Waals surface area contributed by atoms with Crippen molar-refractivity contribution in [1.29, 1.82) is 0 Å². The van der Waals surface area contributed by atoms with Gasteiger partial charge in [-0.15, -0.1) is 0 Å². The molecule has 0 aliphatic rings. The van der Waals surface area contributed by atoms with Gasteiger partial charge in [0.15, 0.2) is 0 Å². The van der Waals surface area contributed by atoms with Crippen molar-refractivity contribution in [2.75, 3.05) is 0 Å². The first-order valence-electron chi connectivity index (χ1n) is 1.82. The van der Waals surface area contributed by atoms with Crippen molar-refractivity contribution in [1.82, 2.24) is 3.58 Å². The summed E-state index contributed by atoms with van der Waals surface area (Å²) in [6, 6.07) is 3.66. The molecule has 0 atom stereocenters. The van der Waals surface area contributed by atoms with Crippen LogP contribution in [0.2, 0.25) is 0 Å². The topological polar surface area (TPSA) is 22.0 Å². The molecule has 0 bridgehead atoms. The van der Waals surface area contributed by atoms with Crippen LogP contribution in [-0.4, -0.2) is 3.58 Å². The molecular weight excluding hydrogens is 134 g/mol. The summed E-state index contributed by atoms with van der Waals surface area (Å²) in [5.74, 6) is 0. The van der Waals surface area contributed by atoms with Crippen LogP contribution in [0.3, 0.4) is 0 Å². The summed E-state index contributed by atoms with van der Waals surface area (Å²) in [6.07, 6.45) is 3.49. The summed E-state index contributed by atoms with van der Waals surface area (Å²) < 4.78 is 11.5. The molecule has 2 nitrogen and oxygen atoms in total. The fourth-order valence-corrected chi connectivity index (χ4v) is 0.677. The second-order valence-electron chi connectivity index (χ2n) is 1.08. The van der Waals surface area contributed by atoms with E-state index in [9.17, 15) is 3.83 Å². The van der Waals surface area contributed by atoms with Gasteiger partial charge >= 0.3 is 47.1 Å². The molecule has 39 valence electrons. The Morgan fingerprint density at radius 3 is 2.14 bits per heavy atom. The Morgan fingerprint density at radius 2 is 1.86 bits per heavy atom. The Bertz CT molecular complexity index is 147. The summed E-state index contributed by atoms with van der Waals surface area (Å²) in [4.78, 5) is 0. The van der Waals surface area contributed by atoms with Gasteiger partial charge in [0.25, 0.3) is 0 Å². The zero-order valence-corrected chi connectivity index (χ0v) is 4.62. The third-order valence-corrected chi connectivity index (χ3v) is 1.20. The molecule has 0 unspecified atom stereocenters. The van der Waals surface area contributed by atoms with Crippen LogP contribution in [0.15, 0.2) is 24.5 Å². The van der Waals surface area contributed by atoms with Crippen molar-refractivity contribution >= 4 is 0 Å². The van der Waals surface area contributed by atoms with Crippen molar-refractivity contribution < 1.29 is 18.9 Å². The van der Waals surface area contributed by atoms with E-state index in [0.29, 0.717) is 0 Å². The van der Waals surface area contributed by atoms with Crippen molar-refractivity contribution in [2.45, 2.75) is 0 Å². The molecular formula is C4H4FeNO. The number of nitrogens with zero attached hydrogens (tertiary/aromatic N) is 1. The average molecular weight is 138 g/mol. The minimum atomic E-state index is -0.174. The molecule has 1 aromatic heterocycles. The Labute approximate surface area is 47.7 Å². The first-order valence-corrected chi connectivity index (χ1v) is 2.76. The molecule has 0 spiro atoms. The third-order valence-electron chi connectivity index (χ3n) is 0.635. The maximum absolute atomic E-state index is 9.96. The van der Waals surface area contributed by atoms with Gasteiger partial charge in [-0.05, 0) is 0 Å². The molecule has 7 heavy (non-hydrogen) atoms. The predicted molar refractivity (Wildman–Crippen MR) is 20.5 cm³/mol. The van der Waals surface area contributed by atoms with E-state index < -0.39 is 0 Å². The van der Waals surface area contributed by atoms with E-state index in [2.05, 4.69) is 0 Å². The third kappa shape index (κ3) is 0.981. The molecule has 0 N–H and O–H groups in total. The first-order chi connectivity index (χ1) is 3.43. The van der Waals surface area contributed by atoms with E-state index in [-0.39, 0.29) is 15.1 Å². The van der Waals surface area contributed by atoms with Gasteiger partial charge < -0.3 is 0 Å². The van der Waals surface area contributed by atoms with E-state index in [1.165, 1.54) is 0 Å². The van der Waals surface area contributed by atoms with E-state index in [4.69, 9.17) is 0 Å². The van der Waals surface area contributed by atoms with E-state index >= 15 is 0 Å². The molecule has 1 heterocycles. The van der Waals surface area contributed by atoms with Crippen molar-refractivity contribution in [3.05, 3.63) is 24.5 Å². The summed E-state index contributed by atoms with van der Waals surface area (Å²) in [5, 5.41) is 0. The van der Waals surface area contributed by atoms with Gasteiger partial charge in [0.1, 0.15) is 0 Å². The molecule has 0 saturated heterocycles. The first kappa shape index (κ1) is 4.75. The van der Waals surface area contributed by atoms with Gasteiger partial charge in [-0.1, -0.05) is 0 Å². The maximum atomic E-state index is 9.96. The van der Waals surface area contributed by atoms with Crippen LogP contribution in [0.25, 0.3) is 0 Å². The zero-order valence-electron chi connectivity index (χ0n) is 3.52. The molecule has 3 heteroatoms. The minimum absolute atomic E-state index is 0.174. The van der Waals surface area contributed by atoms with Crippen molar-refractivity contribution in [3.63, 3.8) is 0 Å². The normalized spacial score (nSPS) is 9.14. The Morgan fingerprint density at radius 1 is 1.29 bits per heavy atom. The molecule has 0 amide bonds. The number of aromatic nitrogens is 1. The Hall–Kier alpha value is -0.401. The van der Waals surface area contributed by atoms with Gasteiger partial charge in [-0.25, -0.2) is 0 Å². The van der Waals surface area contributed by atoms with Crippen molar-refractivity contribution in [2.24, 2.45) is 0 Å². The van der Waals surface area contributed by atoms with Crippen LogP contribution in [0.4, 0.5) is 0 Å². The van der Waals surface area contributed by atoms with Gasteiger partial charge in [-0.2, -0.15) is 0 Å². The second-order valence-corrected chi connectivity index (χ2v) is 1.85. The molecule has 1 rings (SSSR count). The van der Waals surface area contributed by atoms with Crippen LogP contribution in [0.5, 0.6) is 0 Å². The monoisotopic (exact) mass is 138 g/mol. The van der Waals surface area contributed by atoms with E-state index in [1.54, 1.807) is 16.0 Å². The van der Waals surface area contributed by atoms with Crippen LogP contribution in [0.1, 0.15) is 0 Å². The number of hydrogen-bond acceptors (Lipinski definition) is 1. The summed E-state index contributed by atoms with van der Waals surface area (Å²) in [5.41, 5.74) is 0. The van der Waals surface area contributed by atoms with Gasteiger partial charge in [-0.3, -0.25) is 0 Å². The molecule has 0 saturated carbocycles. The van der Waals surface area contributed by atoms with Gasteiger partial charge in [0, 0.05) is 0 Å². The Balaban J connectivity index is 2.96. The fraction of sp³-hybridized carbons (Fsp3) is 0. The summed E-state index contributed by atoms with van der Waals surface area (Å²) in [7, 11) is 0. The van der Waals surface area contributed by atoms with Crippen LogP contribution in [0, 0.1) is 0 Å². The molecule has 0 aromatic carbocycles. The molecule has 0 fully saturated rings. The SMILES string of the molecule is [O]=[Fe][n]1cccc1. The zero-order chi connectivity index (χ0) is 5.11. The van der Waals surface area contributed by atoms with Crippen LogP contribution < -0.4 is 0 Å². The number of hydrogen-bond donors (Lipinski definition) is 0. The van der Waals surface area contributed by atoms with Crippen LogP contribution in [-0.2, 0) is 18.9 Å². The van der Waals surface area contributed by atoms with Crippen LogP contribution >= 0.6 is 0 Å². The molecule has 0 aliphatic carbocycles. The van der Waals surface area contributed by atoms with Gasteiger partial charge in [0.05, 0.1) is 0 Å². The van der Waals surface area contributed by atoms with E-state index in [1.807, 2.05) is 12.1 Å². The molecule has 0 aliphatic heterocycles.